The summed E-state index contributed by atoms with van der Waals surface area (Å²) in [4.78, 5) is 23.1. The number of nitro benzene ring substituents is 1. The predicted octanol–water partition coefficient (Wildman–Crippen LogP) is 1.86. The van der Waals surface area contributed by atoms with Crippen molar-refractivity contribution in [1.29, 1.82) is 5.26 Å². The molecule has 0 radical (unpaired) electrons. The number of nitro groups is 1. The van der Waals surface area contributed by atoms with Crippen LogP contribution in [0.25, 0.3) is 0 Å². The van der Waals surface area contributed by atoms with E-state index in [4.69, 9.17) is 5.26 Å². The average molecular weight is 263 g/mol. The fraction of sp³-hybridized carbons (Fsp3) is 0.333. The van der Waals surface area contributed by atoms with Gasteiger partial charge in [0, 0.05) is 12.1 Å². The smallest absolute Gasteiger partial charge is 0.272 e. The Balaban J connectivity index is 2.28. The number of rotatable bonds is 4. The molecule has 0 heterocycles. The van der Waals surface area contributed by atoms with Crippen molar-refractivity contribution < 1.29 is 14.1 Å². The monoisotopic (exact) mass is 263 g/mol. The molecule has 0 aliphatic heterocycles. The van der Waals surface area contributed by atoms with Gasteiger partial charge in [0.05, 0.1) is 22.6 Å². The summed E-state index contributed by atoms with van der Waals surface area (Å²) < 4.78 is 13.7. The molecule has 19 heavy (non-hydrogen) atoms. The number of hydrogen-bond donors (Lipinski definition) is 0. The Bertz CT molecular complexity index is 578. The molecular weight excluding hydrogens is 253 g/mol. The largest absolute Gasteiger partial charge is 0.322 e. The third kappa shape index (κ3) is 2.68. The highest BCUT2D eigenvalue weighted by Crippen LogP contribution is 2.29. The highest BCUT2D eigenvalue weighted by Gasteiger charge is 2.34. The lowest BCUT2D eigenvalue weighted by Crippen LogP contribution is -2.34. The lowest BCUT2D eigenvalue weighted by molar-refractivity contribution is -0.385. The van der Waals surface area contributed by atoms with Gasteiger partial charge in [0.25, 0.3) is 11.6 Å². The van der Waals surface area contributed by atoms with E-state index in [1.54, 1.807) is 0 Å². The van der Waals surface area contributed by atoms with Crippen LogP contribution in [0, 0.1) is 27.3 Å². The molecule has 98 valence electrons. The molecule has 1 aromatic rings. The van der Waals surface area contributed by atoms with Crippen molar-refractivity contribution in [1.82, 2.24) is 4.90 Å². The summed E-state index contributed by atoms with van der Waals surface area (Å²) >= 11 is 0. The fourth-order valence-corrected chi connectivity index (χ4v) is 1.77. The van der Waals surface area contributed by atoms with E-state index in [-0.39, 0.29) is 18.2 Å². The van der Waals surface area contributed by atoms with Crippen LogP contribution in [-0.4, -0.2) is 28.3 Å². The van der Waals surface area contributed by atoms with Crippen LogP contribution < -0.4 is 0 Å². The van der Waals surface area contributed by atoms with Gasteiger partial charge in [-0.1, -0.05) is 0 Å². The van der Waals surface area contributed by atoms with E-state index in [9.17, 15) is 19.3 Å². The van der Waals surface area contributed by atoms with Crippen molar-refractivity contribution in [3.05, 3.63) is 39.7 Å². The topological polar surface area (TPSA) is 87.2 Å². The normalized spacial score (nSPS) is 13.7. The van der Waals surface area contributed by atoms with Crippen molar-refractivity contribution in [3.8, 4) is 6.07 Å². The van der Waals surface area contributed by atoms with Crippen molar-refractivity contribution in [2.45, 2.75) is 18.9 Å². The van der Waals surface area contributed by atoms with Crippen molar-refractivity contribution in [2.24, 2.45) is 0 Å². The van der Waals surface area contributed by atoms with E-state index in [0.29, 0.717) is 6.07 Å². The van der Waals surface area contributed by atoms with Crippen LogP contribution in [0.1, 0.15) is 23.2 Å². The van der Waals surface area contributed by atoms with Crippen LogP contribution in [0.5, 0.6) is 0 Å². The standard InChI is InChI=1S/C12H10FN3O3/c13-11-7-9(16(18)19)3-4-10(11)12(17)15(6-5-14)8-1-2-8/h3-4,7-8H,1-2,6H2. The van der Waals surface area contributed by atoms with Crippen molar-refractivity contribution in [2.75, 3.05) is 6.54 Å². The van der Waals surface area contributed by atoms with Gasteiger partial charge >= 0.3 is 0 Å². The second-order valence-electron chi connectivity index (χ2n) is 4.24. The lowest BCUT2D eigenvalue weighted by Gasteiger charge is -2.19. The van der Waals surface area contributed by atoms with Gasteiger partial charge in [-0.25, -0.2) is 4.39 Å². The highest BCUT2D eigenvalue weighted by atomic mass is 19.1. The van der Waals surface area contributed by atoms with Crippen LogP contribution in [0.3, 0.4) is 0 Å². The minimum atomic E-state index is -0.942. The number of non-ortho nitro benzene ring substituents is 1. The number of carbonyl (C=O) groups excluding carboxylic acids is 1. The van der Waals surface area contributed by atoms with Gasteiger partial charge < -0.3 is 4.90 Å². The minimum Gasteiger partial charge on any atom is -0.322 e. The summed E-state index contributed by atoms with van der Waals surface area (Å²) in [6, 6.07) is 4.71. The van der Waals surface area contributed by atoms with Gasteiger partial charge in [-0.05, 0) is 18.9 Å². The zero-order chi connectivity index (χ0) is 14.0. The quantitative estimate of drug-likeness (QED) is 0.471. The maximum atomic E-state index is 13.7. The van der Waals surface area contributed by atoms with Gasteiger partial charge in [-0.3, -0.25) is 14.9 Å². The zero-order valence-corrected chi connectivity index (χ0v) is 9.88. The third-order valence-corrected chi connectivity index (χ3v) is 2.88. The Kier molecular flexibility index (Phi) is 3.42. The van der Waals surface area contributed by atoms with Gasteiger partial charge in [0.15, 0.2) is 0 Å². The molecule has 1 saturated carbocycles. The maximum Gasteiger partial charge on any atom is 0.272 e. The number of halogens is 1. The predicted molar refractivity (Wildman–Crippen MR) is 62.7 cm³/mol. The van der Waals surface area contributed by atoms with E-state index in [0.717, 1.165) is 25.0 Å². The Hall–Kier alpha value is -2.49. The maximum absolute atomic E-state index is 13.7. The van der Waals surface area contributed by atoms with E-state index in [1.165, 1.54) is 4.90 Å². The average Bonchev–Trinajstić information content (AvgIpc) is 3.19. The first kappa shape index (κ1) is 13.0. The molecule has 1 fully saturated rings. The molecule has 0 spiro atoms. The lowest BCUT2D eigenvalue weighted by atomic mass is 10.1. The summed E-state index contributed by atoms with van der Waals surface area (Å²) in [5.41, 5.74) is -0.653. The van der Waals surface area contributed by atoms with Gasteiger partial charge in [0.1, 0.15) is 12.4 Å². The van der Waals surface area contributed by atoms with E-state index < -0.39 is 22.3 Å². The van der Waals surface area contributed by atoms with Crippen molar-refractivity contribution in [3.63, 3.8) is 0 Å². The first-order valence-electron chi connectivity index (χ1n) is 5.66. The summed E-state index contributed by atoms with van der Waals surface area (Å²) in [5, 5.41) is 19.2. The second kappa shape index (κ2) is 5.02. The fourth-order valence-electron chi connectivity index (χ4n) is 1.77. The summed E-state index contributed by atoms with van der Waals surface area (Å²) in [6.07, 6.45) is 1.59. The van der Waals surface area contributed by atoms with Crippen molar-refractivity contribution >= 4 is 11.6 Å². The molecule has 0 unspecified atom stereocenters. The number of nitriles is 1. The molecule has 0 aromatic heterocycles. The molecule has 0 N–H and O–H groups in total. The molecule has 7 heteroatoms. The van der Waals surface area contributed by atoms with Crippen LogP contribution in [0.4, 0.5) is 10.1 Å². The van der Waals surface area contributed by atoms with Crippen LogP contribution in [-0.2, 0) is 0 Å². The summed E-state index contributed by atoms with van der Waals surface area (Å²) in [7, 11) is 0. The first-order valence-corrected chi connectivity index (χ1v) is 5.66. The number of benzene rings is 1. The molecule has 2 rings (SSSR count). The van der Waals surface area contributed by atoms with Gasteiger partial charge in [-0.15, -0.1) is 0 Å². The second-order valence-corrected chi connectivity index (χ2v) is 4.24. The van der Waals surface area contributed by atoms with Gasteiger partial charge in [0.2, 0.25) is 0 Å². The SMILES string of the molecule is N#CCN(C(=O)c1ccc([N+](=O)[O-])cc1F)C1CC1. The van der Waals surface area contributed by atoms with E-state index in [1.807, 2.05) is 6.07 Å². The molecule has 0 saturated heterocycles. The van der Waals surface area contributed by atoms with E-state index in [2.05, 4.69) is 0 Å². The van der Waals surface area contributed by atoms with E-state index >= 15 is 0 Å². The first-order chi connectivity index (χ1) is 9.04. The molecule has 0 atom stereocenters. The Labute approximate surface area is 108 Å². The van der Waals surface area contributed by atoms with Crippen LogP contribution in [0.15, 0.2) is 18.2 Å². The zero-order valence-electron chi connectivity index (χ0n) is 9.88. The number of carbonyl (C=O) groups is 1. The Morgan fingerprint density at radius 1 is 1.58 bits per heavy atom. The summed E-state index contributed by atoms with van der Waals surface area (Å²) in [6.45, 7) is -0.111. The van der Waals surface area contributed by atoms with Crippen LogP contribution >= 0.6 is 0 Å². The number of hydrogen-bond acceptors (Lipinski definition) is 4. The summed E-state index contributed by atoms with van der Waals surface area (Å²) in [5.74, 6) is -1.54. The number of amides is 1. The molecule has 6 nitrogen and oxygen atoms in total. The molecular formula is C12H10FN3O3. The minimum absolute atomic E-state index is 0.0262. The molecule has 1 amide bonds. The molecule has 1 aromatic carbocycles. The highest BCUT2D eigenvalue weighted by molar-refractivity contribution is 5.95. The Morgan fingerprint density at radius 3 is 2.74 bits per heavy atom. The number of nitrogens with zero attached hydrogens (tertiary/aromatic N) is 3. The van der Waals surface area contributed by atoms with Gasteiger partial charge in [-0.2, -0.15) is 5.26 Å². The Morgan fingerprint density at radius 2 is 2.26 bits per heavy atom. The molecule has 1 aliphatic rings. The molecule has 1 aliphatic carbocycles. The third-order valence-electron chi connectivity index (χ3n) is 2.88. The molecule has 0 bridgehead atoms. The van der Waals surface area contributed by atoms with Crippen LogP contribution in [0.2, 0.25) is 0 Å².